The molecule has 0 aliphatic carbocycles. The number of carbonyl (C=O) groups is 5. The Labute approximate surface area is 179 Å². The summed E-state index contributed by atoms with van der Waals surface area (Å²) in [6.45, 7) is 4.23. The standard InChI is InChI=1S/C19H28O12/c1-10(20)27-9-14-16(28-11(2)21)17(29-12(3)22)18(30-13(4)23)19(31-14)26-8-6-5-7-15(24)25/h14,16-19H,5-9H2,1-4H3,(H,24,25)/t14?,16?,17-,18+,19+/m0/s1. The lowest BCUT2D eigenvalue weighted by molar-refractivity contribution is -0.308. The first-order chi connectivity index (χ1) is 14.5. The Hall–Kier alpha value is -2.73. The molecule has 0 aromatic heterocycles. The molecule has 1 fully saturated rings. The molecule has 1 aliphatic heterocycles. The summed E-state index contributed by atoms with van der Waals surface area (Å²) in [5.41, 5.74) is 0. The highest BCUT2D eigenvalue weighted by Gasteiger charge is 2.52. The van der Waals surface area contributed by atoms with Crippen LogP contribution in [0.1, 0.15) is 47.0 Å². The van der Waals surface area contributed by atoms with Gasteiger partial charge < -0.3 is 33.5 Å². The zero-order valence-corrected chi connectivity index (χ0v) is 17.9. The van der Waals surface area contributed by atoms with E-state index >= 15 is 0 Å². The Morgan fingerprint density at radius 1 is 0.774 bits per heavy atom. The van der Waals surface area contributed by atoms with E-state index in [1.54, 1.807) is 0 Å². The summed E-state index contributed by atoms with van der Waals surface area (Å²) >= 11 is 0. The molecule has 1 aliphatic rings. The van der Waals surface area contributed by atoms with Crippen molar-refractivity contribution >= 4 is 29.8 Å². The Kier molecular flexibility index (Phi) is 10.9. The number of esters is 4. The minimum atomic E-state index is -1.30. The fourth-order valence-electron chi connectivity index (χ4n) is 2.90. The summed E-state index contributed by atoms with van der Waals surface area (Å²) in [5, 5.41) is 8.71. The summed E-state index contributed by atoms with van der Waals surface area (Å²) in [5.74, 6) is -3.78. The van der Waals surface area contributed by atoms with E-state index in [0.717, 1.165) is 20.8 Å². The monoisotopic (exact) mass is 448 g/mol. The van der Waals surface area contributed by atoms with Crippen LogP contribution in [-0.4, -0.2) is 78.9 Å². The first-order valence-corrected chi connectivity index (χ1v) is 9.65. The largest absolute Gasteiger partial charge is 0.481 e. The highest BCUT2D eigenvalue weighted by Crippen LogP contribution is 2.30. The van der Waals surface area contributed by atoms with Crippen LogP contribution in [0.4, 0.5) is 0 Å². The summed E-state index contributed by atoms with van der Waals surface area (Å²) in [6, 6.07) is 0. The smallest absolute Gasteiger partial charge is 0.303 e. The number of ether oxygens (including phenoxy) is 6. The second-order valence-electron chi connectivity index (χ2n) is 6.79. The maximum Gasteiger partial charge on any atom is 0.303 e. The zero-order chi connectivity index (χ0) is 23.6. The normalized spacial score (nSPS) is 25.2. The number of hydrogen-bond acceptors (Lipinski definition) is 11. The van der Waals surface area contributed by atoms with E-state index in [9.17, 15) is 24.0 Å². The molecule has 31 heavy (non-hydrogen) atoms. The van der Waals surface area contributed by atoms with Crippen molar-refractivity contribution in [1.29, 1.82) is 0 Å². The Balaban J connectivity index is 3.11. The molecule has 5 atom stereocenters. The van der Waals surface area contributed by atoms with Crippen LogP contribution in [0, 0.1) is 0 Å². The number of hydrogen-bond donors (Lipinski definition) is 1. The molecule has 0 aromatic rings. The van der Waals surface area contributed by atoms with Gasteiger partial charge in [0.1, 0.15) is 12.7 Å². The molecule has 0 amide bonds. The van der Waals surface area contributed by atoms with Crippen molar-refractivity contribution in [2.24, 2.45) is 0 Å². The lowest BCUT2D eigenvalue weighted by atomic mass is 9.98. The highest BCUT2D eigenvalue weighted by atomic mass is 16.7. The van der Waals surface area contributed by atoms with Gasteiger partial charge in [-0.2, -0.15) is 0 Å². The van der Waals surface area contributed by atoms with Gasteiger partial charge in [-0.25, -0.2) is 0 Å². The maximum absolute atomic E-state index is 11.7. The quantitative estimate of drug-likeness (QED) is 0.262. The number of carboxylic acids is 1. The third kappa shape index (κ3) is 9.75. The number of aliphatic carboxylic acids is 1. The van der Waals surface area contributed by atoms with Gasteiger partial charge in [0.05, 0.1) is 0 Å². The van der Waals surface area contributed by atoms with E-state index in [1.165, 1.54) is 6.92 Å². The van der Waals surface area contributed by atoms with Gasteiger partial charge in [-0.15, -0.1) is 0 Å². The van der Waals surface area contributed by atoms with Crippen LogP contribution in [0.15, 0.2) is 0 Å². The van der Waals surface area contributed by atoms with Crippen molar-refractivity contribution in [3.05, 3.63) is 0 Å². The summed E-state index contributed by atoms with van der Waals surface area (Å²) in [7, 11) is 0. The van der Waals surface area contributed by atoms with E-state index in [0.29, 0.717) is 12.8 Å². The molecule has 0 aromatic carbocycles. The average molecular weight is 448 g/mol. The van der Waals surface area contributed by atoms with Crippen molar-refractivity contribution in [2.75, 3.05) is 13.2 Å². The van der Waals surface area contributed by atoms with E-state index in [1.807, 2.05) is 0 Å². The molecule has 0 spiro atoms. The lowest BCUT2D eigenvalue weighted by Crippen LogP contribution is -2.63. The van der Waals surface area contributed by atoms with Crippen molar-refractivity contribution in [1.82, 2.24) is 0 Å². The third-order valence-electron chi connectivity index (χ3n) is 4.02. The van der Waals surface area contributed by atoms with Crippen LogP contribution in [0.2, 0.25) is 0 Å². The van der Waals surface area contributed by atoms with Gasteiger partial charge in [-0.1, -0.05) is 0 Å². The molecule has 0 radical (unpaired) electrons. The van der Waals surface area contributed by atoms with Crippen LogP contribution in [0.3, 0.4) is 0 Å². The van der Waals surface area contributed by atoms with Gasteiger partial charge in [0.2, 0.25) is 0 Å². The van der Waals surface area contributed by atoms with Gasteiger partial charge in [0.15, 0.2) is 24.6 Å². The molecule has 1 saturated heterocycles. The topological polar surface area (TPSA) is 161 Å². The predicted molar refractivity (Wildman–Crippen MR) is 99.4 cm³/mol. The van der Waals surface area contributed by atoms with E-state index in [4.69, 9.17) is 33.5 Å². The van der Waals surface area contributed by atoms with Crippen molar-refractivity contribution in [2.45, 2.75) is 77.7 Å². The molecule has 1 heterocycles. The molecular formula is C19H28O12. The van der Waals surface area contributed by atoms with Crippen molar-refractivity contribution in [3.8, 4) is 0 Å². The number of unbranched alkanes of at least 4 members (excludes halogenated alkanes) is 1. The summed E-state index contributed by atoms with van der Waals surface area (Å²) < 4.78 is 32.1. The molecule has 0 saturated carbocycles. The molecule has 12 heteroatoms. The third-order valence-corrected chi connectivity index (χ3v) is 4.02. The minimum absolute atomic E-state index is 0.0427. The second kappa shape index (κ2) is 12.8. The van der Waals surface area contributed by atoms with Crippen LogP contribution in [0.25, 0.3) is 0 Å². The van der Waals surface area contributed by atoms with Crippen molar-refractivity contribution in [3.63, 3.8) is 0 Å². The highest BCUT2D eigenvalue weighted by molar-refractivity contribution is 5.68. The fourth-order valence-corrected chi connectivity index (χ4v) is 2.90. The van der Waals surface area contributed by atoms with E-state index < -0.39 is 60.6 Å². The minimum Gasteiger partial charge on any atom is -0.481 e. The van der Waals surface area contributed by atoms with E-state index in [-0.39, 0.29) is 19.6 Å². The first-order valence-electron chi connectivity index (χ1n) is 9.65. The first kappa shape index (κ1) is 26.3. The van der Waals surface area contributed by atoms with Crippen LogP contribution < -0.4 is 0 Å². The van der Waals surface area contributed by atoms with Crippen LogP contribution in [0.5, 0.6) is 0 Å². The van der Waals surface area contributed by atoms with Gasteiger partial charge >= 0.3 is 29.8 Å². The fraction of sp³-hybridized carbons (Fsp3) is 0.737. The molecule has 2 unspecified atom stereocenters. The number of rotatable bonds is 11. The summed E-state index contributed by atoms with van der Waals surface area (Å²) in [4.78, 5) is 56.8. The Morgan fingerprint density at radius 3 is 1.84 bits per heavy atom. The van der Waals surface area contributed by atoms with Gasteiger partial charge in [-0.3, -0.25) is 24.0 Å². The molecule has 12 nitrogen and oxygen atoms in total. The molecule has 0 bridgehead atoms. The average Bonchev–Trinajstić information content (AvgIpc) is 2.62. The SMILES string of the molecule is CC(=O)OCC1O[C@@H](OCCCCC(=O)O)[C@H](OC(C)=O)[C@@H](OC(C)=O)C1OC(C)=O. The van der Waals surface area contributed by atoms with Gasteiger partial charge in [0.25, 0.3) is 0 Å². The predicted octanol–water partition coefficient (Wildman–Crippen LogP) is 0.341. The Morgan fingerprint density at radius 2 is 1.32 bits per heavy atom. The molecule has 176 valence electrons. The number of carbonyl (C=O) groups excluding carboxylic acids is 4. The van der Waals surface area contributed by atoms with Gasteiger partial charge in [-0.05, 0) is 12.8 Å². The molecule has 1 rings (SSSR count). The second-order valence-corrected chi connectivity index (χ2v) is 6.79. The Bertz CT molecular complexity index is 660. The van der Waals surface area contributed by atoms with Crippen molar-refractivity contribution < 1.29 is 57.5 Å². The molecular weight excluding hydrogens is 420 g/mol. The van der Waals surface area contributed by atoms with Crippen LogP contribution >= 0.6 is 0 Å². The van der Waals surface area contributed by atoms with Gasteiger partial charge in [0, 0.05) is 40.7 Å². The summed E-state index contributed by atoms with van der Waals surface area (Å²) in [6.07, 6.45) is -5.56. The lowest BCUT2D eigenvalue weighted by Gasteiger charge is -2.44. The molecule has 1 N–H and O–H groups in total. The maximum atomic E-state index is 11.7. The van der Waals surface area contributed by atoms with Crippen LogP contribution in [-0.2, 0) is 52.4 Å². The van der Waals surface area contributed by atoms with E-state index in [2.05, 4.69) is 0 Å². The zero-order valence-electron chi connectivity index (χ0n) is 17.9. The number of carboxylic acid groups (broad SMARTS) is 1.